The molecule has 0 saturated heterocycles. The lowest BCUT2D eigenvalue weighted by molar-refractivity contribution is 0.907. The van der Waals surface area contributed by atoms with E-state index in [1.54, 1.807) is 6.20 Å². The van der Waals surface area contributed by atoms with Crippen LogP contribution in [0.2, 0.25) is 0 Å². The molecule has 0 aliphatic carbocycles. The highest BCUT2D eigenvalue weighted by molar-refractivity contribution is 7.98. The third kappa shape index (κ3) is 2.18. The van der Waals surface area contributed by atoms with Crippen LogP contribution in [-0.2, 0) is 17.9 Å². The highest BCUT2D eigenvalue weighted by Crippen LogP contribution is 2.32. The Bertz CT molecular complexity index is 556. The summed E-state index contributed by atoms with van der Waals surface area (Å²) in [6.07, 6.45) is 2.49. The average Bonchev–Trinajstić information content (AvgIpc) is 2.87. The zero-order valence-electron chi connectivity index (χ0n) is 10.2. The number of nitrogens with zero attached hydrogens (tertiary/aromatic N) is 3. The second-order valence-corrected chi connectivity index (χ2v) is 5.14. The molecule has 0 spiro atoms. The molecule has 0 radical (unpaired) electrons. The van der Waals surface area contributed by atoms with Gasteiger partial charge in [0.15, 0.2) is 0 Å². The van der Waals surface area contributed by atoms with Crippen LogP contribution in [0, 0.1) is 0 Å². The molecule has 92 valence electrons. The number of hydrogen-bond acceptors (Lipinski definition) is 5. The summed E-state index contributed by atoms with van der Waals surface area (Å²) < 4.78 is 0. The molecular formula is C13H14N4S. The lowest BCUT2D eigenvalue weighted by atomic mass is 10.2. The first kappa shape index (κ1) is 11.5. The zero-order chi connectivity index (χ0) is 12.4. The number of fused-ring (bicyclic) bond motifs is 1. The van der Waals surface area contributed by atoms with E-state index in [1.807, 2.05) is 37.0 Å². The molecular weight excluding hydrogens is 244 g/mol. The molecule has 1 aliphatic heterocycles. The zero-order valence-corrected chi connectivity index (χ0v) is 11.0. The van der Waals surface area contributed by atoms with Crippen molar-refractivity contribution in [2.45, 2.75) is 17.9 Å². The van der Waals surface area contributed by atoms with Gasteiger partial charge in [0.1, 0.15) is 11.6 Å². The van der Waals surface area contributed by atoms with Gasteiger partial charge in [-0.15, -0.1) is 0 Å². The Morgan fingerprint density at radius 1 is 1.28 bits per heavy atom. The molecule has 0 atom stereocenters. The fourth-order valence-electron chi connectivity index (χ4n) is 2.05. The van der Waals surface area contributed by atoms with Gasteiger partial charge in [-0.25, -0.2) is 9.97 Å². The third-order valence-electron chi connectivity index (χ3n) is 2.93. The monoisotopic (exact) mass is 258 g/mol. The van der Waals surface area contributed by atoms with Crippen LogP contribution in [0.1, 0.15) is 22.8 Å². The van der Waals surface area contributed by atoms with Gasteiger partial charge in [0.25, 0.3) is 0 Å². The topological polar surface area (TPSA) is 50.7 Å². The predicted molar refractivity (Wildman–Crippen MR) is 73.6 cm³/mol. The van der Waals surface area contributed by atoms with Gasteiger partial charge in [-0.1, -0.05) is 6.07 Å². The Kier molecular flexibility index (Phi) is 3.15. The van der Waals surface area contributed by atoms with E-state index in [1.165, 1.54) is 11.3 Å². The first-order valence-corrected chi connectivity index (χ1v) is 7.06. The number of rotatable bonds is 3. The summed E-state index contributed by atoms with van der Waals surface area (Å²) in [6.45, 7) is 0. The fraction of sp³-hybridized carbons (Fsp3) is 0.308. The lowest BCUT2D eigenvalue weighted by Crippen LogP contribution is -2.06. The van der Waals surface area contributed by atoms with E-state index in [4.69, 9.17) is 0 Å². The minimum atomic E-state index is 0.688. The standard InChI is InChI=1S/C13H14N4S/c1-14-13-10-7-18-8-11(10)16-12(17-13)6-9-4-2-3-5-15-9/h2-5H,6-8H2,1H3,(H,14,16,17). The van der Waals surface area contributed by atoms with Gasteiger partial charge in [-0.2, -0.15) is 11.8 Å². The normalized spacial score (nSPS) is 13.4. The molecule has 18 heavy (non-hydrogen) atoms. The number of aromatic nitrogens is 3. The minimum absolute atomic E-state index is 0.688. The highest BCUT2D eigenvalue weighted by atomic mass is 32.2. The molecule has 0 amide bonds. The molecule has 2 aromatic rings. The number of anilines is 1. The van der Waals surface area contributed by atoms with E-state index in [0.29, 0.717) is 6.42 Å². The van der Waals surface area contributed by atoms with Crippen molar-refractivity contribution in [2.75, 3.05) is 12.4 Å². The maximum Gasteiger partial charge on any atom is 0.137 e. The van der Waals surface area contributed by atoms with E-state index in [-0.39, 0.29) is 0 Å². The van der Waals surface area contributed by atoms with Crippen LogP contribution in [0.15, 0.2) is 24.4 Å². The summed E-state index contributed by atoms with van der Waals surface area (Å²) in [6, 6.07) is 5.91. The van der Waals surface area contributed by atoms with Crippen LogP contribution < -0.4 is 5.32 Å². The fourth-order valence-corrected chi connectivity index (χ4v) is 3.09. The van der Waals surface area contributed by atoms with Crippen LogP contribution in [0.5, 0.6) is 0 Å². The van der Waals surface area contributed by atoms with Crippen molar-refractivity contribution in [3.8, 4) is 0 Å². The van der Waals surface area contributed by atoms with Gasteiger partial charge in [0.2, 0.25) is 0 Å². The van der Waals surface area contributed by atoms with Crippen LogP contribution in [-0.4, -0.2) is 22.0 Å². The maximum absolute atomic E-state index is 4.65. The van der Waals surface area contributed by atoms with E-state index in [0.717, 1.165) is 28.8 Å². The quantitative estimate of drug-likeness (QED) is 0.915. The Morgan fingerprint density at radius 2 is 2.22 bits per heavy atom. The number of thioether (sulfide) groups is 1. The van der Waals surface area contributed by atoms with Gasteiger partial charge >= 0.3 is 0 Å². The number of hydrogen-bond donors (Lipinski definition) is 1. The van der Waals surface area contributed by atoms with Gasteiger partial charge in [-0.05, 0) is 12.1 Å². The van der Waals surface area contributed by atoms with Gasteiger partial charge in [0.05, 0.1) is 12.1 Å². The SMILES string of the molecule is CNc1nc(Cc2ccccn2)nc2c1CSC2. The van der Waals surface area contributed by atoms with Gasteiger partial charge in [-0.3, -0.25) is 4.98 Å². The first-order chi connectivity index (χ1) is 8.86. The third-order valence-corrected chi connectivity index (χ3v) is 3.90. The molecule has 0 aromatic carbocycles. The molecule has 0 saturated carbocycles. The summed E-state index contributed by atoms with van der Waals surface area (Å²) in [7, 11) is 1.91. The smallest absolute Gasteiger partial charge is 0.137 e. The molecule has 1 N–H and O–H groups in total. The van der Waals surface area contributed by atoms with Crippen molar-refractivity contribution in [3.05, 3.63) is 47.2 Å². The molecule has 0 bridgehead atoms. The Balaban J connectivity index is 1.94. The summed E-state index contributed by atoms with van der Waals surface area (Å²) in [5.74, 6) is 3.81. The molecule has 5 heteroatoms. The van der Waals surface area contributed by atoms with E-state index < -0.39 is 0 Å². The van der Waals surface area contributed by atoms with Crippen molar-refractivity contribution < 1.29 is 0 Å². The van der Waals surface area contributed by atoms with Crippen LogP contribution >= 0.6 is 11.8 Å². The van der Waals surface area contributed by atoms with Crippen molar-refractivity contribution in [3.63, 3.8) is 0 Å². The van der Waals surface area contributed by atoms with Crippen molar-refractivity contribution >= 4 is 17.6 Å². The van der Waals surface area contributed by atoms with Crippen molar-refractivity contribution in [1.29, 1.82) is 0 Å². The largest absolute Gasteiger partial charge is 0.373 e. The summed E-state index contributed by atoms with van der Waals surface area (Å²) in [5.41, 5.74) is 3.43. The minimum Gasteiger partial charge on any atom is -0.373 e. The first-order valence-electron chi connectivity index (χ1n) is 5.91. The highest BCUT2D eigenvalue weighted by Gasteiger charge is 2.19. The van der Waals surface area contributed by atoms with Crippen LogP contribution in [0.4, 0.5) is 5.82 Å². The van der Waals surface area contributed by atoms with Crippen LogP contribution in [0.25, 0.3) is 0 Å². The van der Waals surface area contributed by atoms with Gasteiger partial charge in [0, 0.05) is 36.0 Å². The molecule has 4 nitrogen and oxygen atoms in total. The van der Waals surface area contributed by atoms with Gasteiger partial charge < -0.3 is 5.32 Å². The summed E-state index contributed by atoms with van der Waals surface area (Å²) in [4.78, 5) is 13.5. The second-order valence-electron chi connectivity index (χ2n) is 4.15. The molecule has 1 aliphatic rings. The van der Waals surface area contributed by atoms with Crippen molar-refractivity contribution in [1.82, 2.24) is 15.0 Å². The number of pyridine rings is 1. The van der Waals surface area contributed by atoms with Crippen molar-refractivity contribution in [2.24, 2.45) is 0 Å². The summed E-state index contributed by atoms with van der Waals surface area (Å²) in [5, 5.41) is 3.17. The second kappa shape index (κ2) is 4.94. The van der Waals surface area contributed by atoms with E-state index in [2.05, 4.69) is 20.3 Å². The molecule has 3 heterocycles. The lowest BCUT2D eigenvalue weighted by Gasteiger charge is -2.08. The number of nitrogens with one attached hydrogen (secondary N) is 1. The summed E-state index contributed by atoms with van der Waals surface area (Å²) >= 11 is 1.89. The van der Waals surface area contributed by atoms with E-state index >= 15 is 0 Å². The Labute approximate surface area is 110 Å². The molecule has 2 aromatic heterocycles. The Morgan fingerprint density at radius 3 is 3.00 bits per heavy atom. The maximum atomic E-state index is 4.65. The van der Waals surface area contributed by atoms with E-state index in [9.17, 15) is 0 Å². The molecule has 0 unspecified atom stereocenters. The van der Waals surface area contributed by atoms with Crippen LogP contribution in [0.3, 0.4) is 0 Å². The Hall–Kier alpha value is -1.62. The predicted octanol–water partition coefficient (Wildman–Crippen LogP) is 2.25. The average molecular weight is 258 g/mol. The molecule has 0 fully saturated rings. The molecule has 3 rings (SSSR count).